The van der Waals surface area contributed by atoms with Crippen LogP contribution in [0, 0.1) is 23.7 Å². The van der Waals surface area contributed by atoms with Crippen molar-refractivity contribution in [3.05, 3.63) is 28.2 Å². The van der Waals surface area contributed by atoms with Crippen LogP contribution < -0.4 is 5.32 Å². The van der Waals surface area contributed by atoms with E-state index in [0.717, 1.165) is 49.0 Å². The summed E-state index contributed by atoms with van der Waals surface area (Å²) in [7, 11) is 0. The standard InChI is InChI=1S/C21H25NO5S/c1-2-10-27-21(26)17-13-4-3-5-14(13)28-19(17)22-18(23)15-11-6-8-12(9-7-11)16(15)20(24)25/h6,8,11-12,15-16H,2-5,7,9-10H2,1H3,(H,22,23)(H,24,25)/t11-,12-,15-,16-/m0/s1. The minimum absolute atomic E-state index is 0.0617. The predicted molar refractivity (Wildman–Crippen MR) is 106 cm³/mol. The Morgan fingerprint density at radius 2 is 1.89 bits per heavy atom. The third-order valence-corrected chi connectivity index (χ3v) is 7.34. The molecule has 0 spiro atoms. The Labute approximate surface area is 168 Å². The first-order valence-electron chi connectivity index (χ1n) is 10.0. The van der Waals surface area contributed by atoms with Crippen molar-refractivity contribution in [2.45, 2.75) is 45.4 Å². The molecule has 4 aliphatic rings. The lowest BCUT2D eigenvalue weighted by Gasteiger charge is -2.41. The molecular weight excluding hydrogens is 378 g/mol. The second kappa shape index (κ2) is 7.70. The summed E-state index contributed by atoms with van der Waals surface area (Å²) >= 11 is 1.43. The summed E-state index contributed by atoms with van der Waals surface area (Å²) in [4.78, 5) is 38.7. The van der Waals surface area contributed by atoms with Crippen LogP contribution in [-0.2, 0) is 27.2 Å². The van der Waals surface area contributed by atoms with E-state index in [9.17, 15) is 19.5 Å². The van der Waals surface area contributed by atoms with Crippen LogP contribution in [0.5, 0.6) is 0 Å². The Balaban J connectivity index is 1.60. The van der Waals surface area contributed by atoms with Crippen molar-refractivity contribution < 1.29 is 24.2 Å². The van der Waals surface area contributed by atoms with Gasteiger partial charge >= 0.3 is 11.9 Å². The molecule has 1 amide bonds. The van der Waals surface area contributed by atoms with Gasteiger partial charge in [0.25, 0.3) is 0 Å². The van der Waals surface area contributed by atoms with Gasteiger partial charge in [-0.3, -0.25) is 9.59 Å². The van der Waals surface area contributed by atoms with Crippen LogP contribution >= 0.6 is 11.3 Å². The van der Waals surface area contributed by atoms with Crippen molar-refractivity contribution in [1.29, 1.82) is 0 Å². The summed E-state index contributed by atoms with van der Waals surface area (Å²) in [6.07, 6.45) is 9.02. The molecule has 5 rings (SSSR count). The molecule has 0 unspecified atom stereocenters. The molecule has 1 aromatic rings. The Kier molecular flexibility index (Phi) is 5.27. The lowest BCUT2D eigenvalue weighted by atomic mass is 9.62. The highest BCUT2D eigenvalue weighted by Crippen LogP contribution is 2.46. The average molecular weight is 404 g/mol. The molecule has 150 valence electrons. The van der Waals surface area contributed by atoms with Crippen LogP contribution in [0.1, 0.15) is 53.4 Å². The highest BCUT2D eigenvalue weighted by atomic mass is 32.1. The Hall–Kier alpha value is -2.15. The molecule has 2 N–H and O–H groups in total. The number of carbonyl (C=O) groups excluding carboxylic acids is 2. The topological polar surface area (TPSA) is 92.7 Å². The summed E-state index contributed by atoms with van der Waals surface area (Å²) in [6.45, 7) is 2.28. The highest BCUT2D eigenvalue weighted by molar-refractivity contribution is 7.17. The third kappa shape index (κ3) is 3.26. The van der Waals surface area contributed by atoms with Crippen LogP contribution in [0.4, 0.5) is 5.00 Å². The van der Waals surface area contributed by atoms with Gasteiger partial charge in [0, 0.05) is 4.88 Å². The molecular formula is C21H25NO5S. The molecule has 0 aromatic carbocycles. The van der Waals surface area contributed by atoms with Gasteiger partial charge < -0.3 is 15.2 Å². The van der Waals surface area contributed by atoms with E-state index >= 15 is 0 Å². The Bertz CT molecular complexity index is 842. The molecule has 1 aromatic heterocycles. The number of fused-ring (bicyclic) bond motifs is 3. The number of thiophene rings is 1. The van der Waals surface area contributed by atoms with E-state index in [1.807, 2.05) is 19.1 Å². The fraction of sp³-hybridized carbons (Fsp3) is 0.571. The fourth-order valence-electron chi connectivity index (χ4n) is 4.86. The van der Waals surface area contributed by atoms with E-state index in [4.69, 9.17) is 4.74 Å². The van der Waals surface area contributed by atoms with Gasteiger partial charge in [-0.1, -0.05) is 19.1 Å². The van der Waals surface area contributed by atoms with E-state index in [-0.39, 0.29) is 17.7 Å². The number of ether oxygens (including phenoxy) is 1. The highest BCUT2D eigenvalue weighted by Gasteiger charge is 2.48. The van der Waals surface area contributed by atoms with Crippen molar-refractivity contribution in [1.82, 2.24) is 0 Å². The third-order valence-electron chi connectivity index (χ3n) is 6.14. The van der Waals surface area contributed by atoms with Gasteiger partial charge in [0.2, 0.25) is 5.91 Å². The summed E-state index contributed by atoms with van der Waals surface area (Å²) in [6, 6.07) is 0. The molecule has 4 aliphatic carbocycles. The van der Waals surface area contributed by atoms with Crippen molar-refractivity contribution in [3.8, 4) is 0 Å². The fourth-order valence-corrected chi connectivity index (χ4v) is 6.14. The number of anilines is 1. The maximum absolute atomic E-state index is 13.1. The lowest BCUT2D eigenvalue weighted by Crippen LogP contribution is -2.47. The number of allylic oxidation sites excluding steroid dienone is 2. The zero-order valence-electron chi connectivity index (χ0n) is 15.9. The molecule has 4 atom stereocenters. The summed E-state index contributed by atoms with van der Waals surface area (Å²) in [5.41, 5.74) is 1.46. The van der Waals surface area contributed by atoms with Crippen LogP contribution in [0.2, 0.25) is 0 Å². The van der Waals surface area contributed by atoms with Crippen molar-refractivity contribution in [2.75, 3.05) is 11.9 Å². The van der Waals surface area contributed by atoms with Gasteiger partial charge in [-0.25, -0.2) is 4.79 Å². The maximum atomic E-state index is 13.1. The average Bonchev–Trinajstić information content (AvgIpc) is 3.26. The first kappa shape index (κ1) is 19.2. The molecule has 2 bridgehead atoms. The summed E-state index contributed by atoms with van der Waals surface area (Å²) < 4.78 is 5.35. The molecule has 1 heterocycles. The lowest BCUT2D eigenvalue weighted by molar-refractivity contribution is -0.151. The van der Waals surface area contributed by atoms with Crippen LogP contribution in [0.25, 0.3) is 0 Å². The molecule has 0 saturated heterocycles. The summed E-state index contributed by atoms with van der Waals surface area (Å²) in [5, 5.41) is 13.1. The molecule has 0 radical (unpaired) electrons. The minimum atomic E-state index is -0.921. The second-order valence-corrected chi connectivity index (χ2v) is 8.97. The number of nitrogens with one attached hydrogen (secondary N) is 1. The van der Waals surface area contributed by atoms with E-state index in [2.05, 4.69) is 5.32 Å². The quantitative estimate of drug-likeness (QED) is 0.559. The van der Waals surface area contributed by atoms with Crippen molar-refractivity contribution in [3.63, 3.8) is 0 Å². The Morgan fingerprint density at radius 3 is 2.54 bits per heavy atom. The first-order chi connectivity index (χ1) is 13.5. The molecule has 28 heavy (non-hydrogen) atoms. The predicted octanol–water partition coefficient (Wildman–Crippen LogP) is 3.66. The number of amides is 1. The second-order valence-electron chi connectivity index (χ2n) is 7.87. The van der Waals surface area contributed by atoms with Crippen molar-refractivity contribution >= 4 is 34.2 Å². The van der Waals surface area contributed by atoms with Gasteiger partial charge in [0.1, 0.15) is 5.00 Å². The van der Waals surface area contributed by atoms with Gasteiger partial charge in [0.05, 0.1) is 24.0 Å². The van der Waals surface area contributed by atoms with Gasteiger partial charge in [0.15, 0.2) is 0 Å². The summed E-state index contributed by atoms with van der Waals surface area (Å²) in [5.74, 6) is -3.07. The molecule has 7 heteroatoms. The number of esters is 1. The van der Waals surface area contributed by atoms with Crippen molar-refractivity contribution in [2.24, 2.45) is 23.7 Å². The van der Waals surface area contributed by atoms with E-state index < -0.39 is 23.8 Å². The van der Waals surface area contributed by atoms with Gasteiger partial charge in [-0.15, -0.1) is 11.3 Å². The molecule has 6 nitrogen and oxygen atoms in total. The SMILES string of the molecule is CCCOC(=O)c1c(NC(=O)[C@@H]2[C@@H](C(=O)O)[C@H]3C=C[C@H]2CC3)sc2c1CCC2. The normalized spacial score (nSPS) is 27.5. The maximum Gasteiger partial charge on any atom is 0.341 e. The first-order valence-corrected chi connectivity index (χ1v) is 10.9. The number of aryl methyl sites for hydroxylation is 1. The van der Waals surface area contributed by atoms with E-state index in [1.54, 1.807) is 0 Å². The number of carboxylic acids is 1. The van der Waals surface area contributed by atoms with Gasteiger partial charge in [-0.2, -0.15) is 0 Å². The largest absolute Gasteiger partial charge is 0.481 e. The van der Waals surface area contributed by atoms with E-state index in [1.165, 1.54) is 11.3 Å². The number of aliphatic carboxylic acids is 1. The zero-order chi connectivity index (χ0) is 19.8. The van der Waals surface area contributed by atoms with Crippen LogP contribution in [0.15, 0.2) is 12.2 Å². The monoisotopic (exact) mass is 403 g/mol. The van der Waals surface area contributed by atoms with Crippen LogP contribution in [-0.4, -0.2) is 29.6 Å². The number of hydrogen-bond donors (Lipinski definition) is 2. The number of rotatable bonds is 6. The number of carboxylic acid groups (broad SMARTS) is 1. The zero-order valence-corrected chi connectivity index (χ0v) is 16.7. The number of hydrogen-bond acceptors (Lipinski definition) is 5. The number of carbonyl (C=O) groups is 3. The molecule has 1 saturated carbocycles. The molecule has 1 fully saturated rings. The van der Waals surface area contributed by atoms with Gasteiger partial charge in [-0.05, 0) is 55.9 Å². The van der Waals surface area contributed by atoms with E-state index in [0.29, 0.717) is 17.2 Å². The smallest absolute Gasteiger partial charge is 0.341 e. The minimum Gasteiger partial charge on any atom is -0.481 e. The molecule has 0 aliphatic heterocycles. The Morgan fingerprint density at radius 1 is 1.18 bits per heavy atom. The van der Waals surface area contributed by atoms with Crippen LogP contribution in [0.3, 0.4) is 0 Å².